The van der Waals surface area contributed by atoms with Gasteiger partial charge in [0.1, 0.15) is 4.90 Å². The number of hydrogen-bond acceptors (Lipinski definition) is 5. The summed E-state index contributed by atoms with van der Waals surface area (Å²) >= 11 is 0. The van der Waals surface area contributed by atoms with Gasteiger partial charge in [-0.25, -0.2) is 8.42 Å². The van der Waals surface area contributed by atoms with Crippen molar-refractivity contribution < 1.29 is 31.1 Å². The Hall–Kier alpha value is -1.23. The van der Waals surface area contributed by atoms with Crippen molar-refractivity contribution >= 4 is 10.0 Å². The van der Waals surface area contributed by atoms with Gasteiger partial charge in [-0.2, -0.15) is 17.5 Å². The molecule has 0 unspecified atom stereocenters. The molecule has 0 bridgehead atoms. The van der Waals surface area contributed by atoms with Gasteiger partial charge in [-0.1, -0.05) is 0 Å². The molecule has 0 N–H and O–H groups in total. The topological polar surface area (TPSA) is 68.7 Å². The van der Waals surface area contributed by atoms with Gasteiger partial charge < -0.3 is 9.47 Å². The zero-order valence-electron chi connectivity index (χ0n) is 11.0. The number of hydrogen-bond donors (Lipinski definition) is 0. The highest BCUT2D eigenvalue weighted by atomic mass is 32.2. The minimum absolute atomic E-state index is 0.200. The summed E-state index contributed by atoms with van der Waals surface area (Å²) in [7, 11) is -3.19. The summed E-state index contributed by atoms with van der Waals surface area (Å²) in [5.74, 6) is 0. The molecule has 2 heterocycles. The molecule has 1 saturated heterocycles. The second kappa shape index (κ2) is 5.87. The third kappa shape index (κ3) is 3.51. The summed E-state index contributed by atoms with van der Waals surface area (Å²) in [4.78, 5) is 2.58. The maximum Gasteiger partial charge on any atom is 0.417 e. The highest BCUT2D eigenvalue weighted by molar-refractivity contribution is 7.89. The lowest BCUT2D eigenvalue weighted by Gasteiger charge is -2.21. The summed E-state index contributed by atoms with van der Waals surface area (Å²) in [6.45, 7) is 0.438. The number of likely N-dealkylation sites (N-methyl/N-ethyl adjacent to an activating group) is 1. The fraction of sp³-hybridized carbons (Fsp3) is 0.545. The third-order valence-corrected chi connectivity index (χ3v) is 4.73. The first-order valence-electron chi connectivity index (χ1n) is 5.93. The molecule has 0 aliphatic carbocycles. The average Bonchev–Trinajstić information content (AvgIpc) is 2.90. The van der Waals surface area contributed by atoms with Gasteiger partial charge in [0.2, 0.25) is 10.0 Å². The van der Waals surface area contributed by atoms with Crippen molar-refractivity contribution in [3.8, 4) is 0 Å². The minimum Gasteiger partial charge on any atom is -0.349 e. The van der Waals surface area contributed by atoms with Crippen LogP contribution in [0.1, 0.15) is 5.56 Å². The number of aromatic nitrogens is 1. The molecular formula is C11H13F3N2O4S. The lowest BCUT2D eigenvalue weighted by atomic mass is 10.3. The van der Waals surface area contributed by atoms with Crippen LogP contribution in [0.15, 0.2) is 23.4 Å². The molecule has 1 fully saturated rings. The summed E-state index contributed by atoms with van der Waals surface area (Å²) < 4.78 is 74.1. The predicted molar refractivity (Wildman–Crippen MR) is 64.7 cm³/mol. The van der Waals surface area contributed by atoms with Gasteiger partial charge in [-0.15, -0.1) is 0 Å². The smallest absolute Gasteiger partial charge is 0.349 e. The standard InChI is InChI=1S/C11H13F3N2O4S/c1-16(7-10-19-4-5-20-10)21(17,18)9-6-15-3-2-8(9)11(12,13)14/h2-3,6,10H,4-5,7H2,1H3. The number of halogens is 3. The number of rotatable bonds is 4. The predicted octanol–water partition coefficient (Wildman–Crippen LogP) is 1.09. The van der Waals surface area contributed by atoms with E-state index in [9.17, 15) is 21.6 Å². The number of nitrogens with zero attached hydrogens (tertiary/aromatic N) is 2. The van der Waals surface area contributed by atoms with Gasteiger partial charge >= 0.3 is 6.18 Å². The van der Waals surface area contributed by atoms with Crippen molar-refractivity contribution in [3.63, 3.8) is 0 Å². The Labute approximate surface area is 119 Å². The molecule has 1 aliphatic rings. The Morgan fingerprint density at radius 1 is 1.38 bits per heavy atom. The van der Waals surface area contributed by atoms with Gasteiger partial charge in [-0.3, -0.25) is 4.98 Å². The molecule has 0 spiro atoms. The first kappa shape index (κ1) is 16.1. The zero-order valence-corrected chi connectivity index (χ0v) is 11.8. The molecule has 2 rings (SSSR count). The molecule has 0 atom stereocenters. The van der Waals surface area contributed by atoms with E-state index in [2.05, 4.69) is 4.98 Å². The van der Waals surface area contributed by atoms with E-state index in [0.717, 1.165) is 17.5 Å². The fourth-order valence-electron chi connectivity index (χ4n) is 1.81. The van der Waals surface area contributed by atoms with Crippen molar-refractivity contribution in [2.45, 2.75) is 17.4 Å². The van der Waals surface area contributed by atoms with Crippen LogP contribution in [-0.2, 0) is 25.7 Å². The Kier molecular flexibility index (Phi) is 4.51. The van der Waals surface area contributed by atoms with Crippen molar-refractivity contribution in [3.05, 3.63) is 24.0 Å². The number of alkyl halides is 3. The normalized spacial score (nSPS) is 17.6. The quantitative estimate of drug-likeness (QED) is 0.829. The SMILES string of the molecule is CN(CC1OCCO1)S(=O)(=O)c1cnccc1C(F)(F)F. The van der Waals surface area contributed by atoms with E-state index in [0.29, 0.717) is 25.5 Å². The summed E-state index contributed by atoms with van der Waals surface area (Å²) in [6.07, 6.45) is -3.99. The molecule has 0 radical (unpaired) electrons. The lowest BCUT2D eigenvalue weighted by Crippen LogP contribution is -2.35. The van der Waals surface area contributed by atoms with Crippen LogP contribution in [-0.4, -0.2) is 50.8 Å². The second-order valence-electron chi connectivity index (χ2n) is 4.33. The van der Waals surface area contributed by atoms with Crippen LogP contribution in [0.5, 0.6) is 0 Å². The third-order valence-electron chi connectivity index (χ3n) is 2.88. The molecule has 0 aromatic carbocycles. The van der Waals surface area contributed by atoms with Gasteiger partial charge in [0.15, 0.2) is 6.29 Å². The van der Waals surface area contributed by atoms with E-state index < -0.39 is 32.9 Å². The summed E-state index contributed by atoms with van der Waals surface area (Å²) in [5, 5.41) is 0. The summed E-state index contributed by atoms with van der Waals surface area (Å²) in [5.41, 5.74) is -1.25. The van der Waals surface area contributed by atoms with Crippen LogP contribution in [0.2, 0.25) is 0 Å². The monoisotopic (exact) mass is 326 g/mol. The molecule has 0 amide bonds. The Morgan fingerprint density at radius 2 is 2.00 bits per heavy atom. The van der Waals surface area contributed by atoms with E-state index in [1.165, 1.54) is 0 Å². The zero-order chi connectivity index (χ0) is 15.7. The molecule has 118 valence electrons. The number of sulfonamides is 1. The molecular weight excluding hydrogens is 313 g/mol. The maximum absolute atomic E-state index is 12.9. The first-order valence-corrected chi connectivity index (χ1v) is 7.37. The van der Waals surface area contributed by atoms with Crippen LogP contribution in [0, 0.1) is 0 Å². The minimum atomic E-state index is -4.79. The van der Waals surface area contributed by atoms with Crippen LogP contribution < -0.4 is 0 Å². The van der Waals surface area contributed by atoms with Crippen molar-refractivity contribution in [2.24, 2.45) is 0 Å². The van der Waals surface area contributed by atoms with E-state index in [1.54, 1.807) is 0 Å². The molecule has 1 aliphatic heterocycles. The van der Waals surface area contributed by atoms with E-state index >= 15 is 0 Å². The molecule has 0 saturated carbocycles. The molecule has 6 nitrogen and oxygen atoms in total. The maximum atomic E-state index is 12.9. The Morgan fingerprint density at radius 3 is 2.57 bits per heavy atom. The molecule has 1 aromatic heterocycles. The highest BCUT2D eigenvalue weighted by Crippen LogP contribution is 2.34. The van der Waals surface area contributed by atoms with Crippen molar-refractivity contribution in [1.82, 2.24) is 9.29 Å². The molecule has 1 aromatic rings. The van der Waals surface area contributed by atoms with Crippen molar-refractivity contribution in [1.29, 1.82) is 0 Å². The van der Waals surface area contributed by atoms with E-state index in [-0.39, 0.29) is 6.54 Å². The first-order chi connectivity index (χ1) is 9.73. The molecule has 10 heteroatoms. The van der Waals surface area contributed by atoms with Gasteiger partial charge in [0, 0.05) is 19.4 Å². The molecule has 21 heavy (non-hydrogen) atoms. The van der Waals surface area contributed by atoms with Gasteiger partial charge in [-0.05, 0) is 6.07 Å². The average molecular weight is 326 g/mol. The Balaban J connectivity index is 2.31. The van der Waals surface area contributed by atoms with Crippen LogP contribution in [0.4, 0.5) is 13.2 Å². The Bertz CT molecular complexity index is 600. The van der Waals surface area contributed by atoms with Crippen LogP contribution >= 0.6 is 0 Å². The number of ether oxygens (including phenoxy) is 2. The highest BCUT2D eigenvalue weighted by Gasteiger charge is 2.39. The largest absolute Gasteiger partial charge is 0.417 e. The summed E-state index contributed by atoms with van der Waals surface area (Å²) in [6, 6.07) is 0.628. The van der Waals surface area contributed by atoms with E-state index in [4.69, 9.17) is 9.47 Å². The van der Waals surface area contributed by atoms with Crippen LogP contribution in [0.3, 0.4) is 0 Å². The second-order valence-corrected chi connectivity index (χ2v) is 6.34. The van der Waals surface area contributed by atoms with Crippen LogP contribution in [0.25, 0.3) is 0 Å². The van der Waals surface area contributed by atoms with Gasteiger partial charge in [0.25, 0.3) is 0 Å². The van der Waals surface area contributed by atoms with E-state index in [1.807, 2.05) is 0 Å². The fourth-order valence-corrected chi connectivity index (χ4v) is 3.12. The van der Waals surface area contributed by atoms with Gasteiger partial charge in [0.05, 0.1) is 25.3 Å². The number of pyridine rings is 1. The van der Waals surface area contributed by atoms with Crippen molar-refractivity contribution in [2.75, 3.05) is 26.8 Å². The lowest BCUT2D eigenvalue weighted by molar-refractivity contribution is -0.140.